The van der Waals surface area contributed by atoms with Crippen LogP contribution < -0.4 is 5.32 Å². The highest BCUT2D eigenvalue weighted by Crippen LogP contribution is 2.28. The number of thiophene rings is 1. The fourth-order valence-corrected chi connectivity index (χ4v) is 3.21. The molecule has 108 valence electrons. The molecule has 0 aromatic carbocycles. The van der Waals surface area contributed by atoms with Crippen molar-refractivity contribution in [3.63, 3.8) is 0 Å². The van der Waals surface area contributed by atoms with Gasteiger partial charge in [-0.15, -0.1) is 17.9 Å². The van der Waals surface area contributed by atoms with E-state index in [9.17, 15) is 0 Å². The van der Waals surface area contributed by atoms with Crippen LogP contribution in [0.15, 0.2) is 47.6 Å². The fourth-order valence-electron chi connectivity index (χ4n) is 2.27. The van der Waals surface area contributed by atoms with Crippen molar-refractivity contribution in [2.24, 2.45) is 5.92 Å². The second kappa shape index (κ2) is 8.08. The van der Waals surface area contributed by atoms with Crippen LogP contribution in [0.3, 0.4) is 0 Å². The first-order chi connectivity index (χ1) is 9.83. The standard InChI is InChI=1S/C17H23NOS/c1-3-6-14(4-2)10-11-18-13-15-8-9-17(20-15)16-7-5-12-19-16/h3,5,7-9,12,14,18H,1,4,6,10-11,13H2,2H3. The van der Waals surface area contributed by atoms with E-state index in [0.717, 1.165) is 31.2 Å². The molecular weight excluding hydrogens is 266 g/mol. The van der Waals surface area contributed by atoms with Gasteiger partial charge in [0, 0.05) is 11.4 Å². The Bertz CT molecular complexity index is 501. The van der Waals surface area contributed by atoms with Gasteiger partial charge < -0.3 is 9.73 Å². The molecule has 20 heavy (non-hydrogen) atoms. The van der Waals surface area contributed by atoms with E-state index >= 15 is 0 Å². The van der Waals surface area contributed by atoms with Crippen LogP contribution in [0, 0.1) is 5.92 Å². The van der Waals surface area contributed by atoms with Crippen molar-refractivity contribution in [1.29, 1.82) is 0 Å². The number of allylic oxidation sites excluding steroid dienone is 1. The molecule has 2 aromatic rings. The molecule has 2 nitrogen and oxygen atoms in total. The summed E-state index contributed by atoms with van der Waals surface area (Å²) in [6.45, 7) is 8.09. The smallest absolute Gasteiger partial charge is 0.143 e. The Kier molecular flexibility index (Phi) is 6.09. The lowest BCUT2D eigenvalue weighted by atomic mass is 9.99. The van der Waals surface area contributed by atoms with Crippen LogP contribution in [-0.4, -0.2) is 6.54 Å². The van der Waals surface area contributed by atoms with Crippen LogP contribution in [-0.2, 0) is 6.54 Å². The van der Waals surface area contributed by atoms with Crippen molar-refractivity contribution < 1.29 is 4.42 Å². The largest absolute Gasteiger partial charge is 0.464 e. The van der Waals surface area contributed by atoms with E-state index in [4.69, 9.17) is 4.42 Å². The van der Waals surface area contributed by atoms with E-state index in [-0.39, 0.29) is 0 Å². The van der Waals surface area contributed by atoms with Crippen molar-refractivity contribution >= 4 is 11.3 Å². The molecule has 0 radical (unpaired) electrons. The van der Waals surface area contributed by atoms with Gasteiger partial charge in [-0.2, -0.15) is 0 Å². The second-order valence-electron chi connectivity index (χ2n) is 5.01. The van der Waals surface area contributed by atoms with E-state index in [1.54, 1.807) is 17.6 Å². The Morgan fingerprint density at radius 1 is 1.40 bits per heavy atom. The average molecular weight is 289 g/mol. The summed E-state index contributed by atoms with van der Waals surface area (Å²) in [6, 6.07) is 8.24. The Labute approximate surface area is 125 Å². The molecule has 2 aromatic heterocycles. The third-order valence-electron chi connectivity index (χ3n) is 3.53. The van der Waals surface area contributed by atoms with Gasteiger partial charge in [-0.05, 0) is 49.6 Å². The highest BCUT2D eigenvalue weighted by atomic mass is 32.1. The minimum atomic E-state index is 0.766. The highest BCUT2D eigenvalue weighted by Gasteiger charge is 2.06. The number of furan rings is 1. The summed E-state index contributed by atoms with van der Waals surface area (Å²) >= 11 is 1.79. The lowest BCUT2D eigenvalue weighted by Gasteiger charge is -2.12. The van der Waals surface area contributed by atoms with Gasteiger partial charge in [0.2, 0.25) is 0 Å². The first-order valence-corrected chi connectivity index (χ1v) is 8.09. The lowest BCUT2D eigenvalue weighted by Crippen LogP contribution is -2.16. The van der Waals surface area contributed by atoms with E-state index < -0.39 is 0 Å². The predicted octanol–water partition coefficient (Wildman–Crippen LogP) is 5.09. The van der Waals surface area contributed by atoms with Gasteiger partial charge in [0.15, 0.2) is 0 Å². The van der Waals surface area contributed by atoms with E-state index in [2.05, 4.69) is 31.0 Å². The van der Waals surface area contributed by atoms with Gasteiger partial charge >= 0.3 is 0 Å². The summed E-state index contributed by atoms with van der Waals surface area (Å²) in [7, 11) is 0. The van der Waals surface area contributed by atoms with Crippen molar-refractivity contribution in [3.8, 4) is 10.6 Å². The highest BCUT2D eigenvalue weighted by molar-refractivity contribution is 7.15. The van der Waals surface area contributed by atoms with Crippen molar-refractivity contribution in [2.45, 2.75) is 32.7 Å². The molecule has 0 saturated carbocycles. The van der Waals surface area contributed by atoms with Crippen LogP contribution in [0.4, 0.5) is 0 Å². The number of nitrogens with one attached hydrogen (secondary N) is 1. The first kappa shape index (κ1) is 15.1. The summed E-state index contributed by atoms with van der Waals surface area (Å²) in [5.74, 6) is 1.72. The molecule has 2 rings (SSSR count). The topological polar surface area (TPSA) is 25.2 Å². The average Bonchev–Trinajstić information content (AvgIpc) is 3.12. The van der Waals surface area contributed by atoms with Crippen molar-refractivity contribution in [2.75, 3.05) is 6.54 Å². The molecule has 0 bridgehead atoms. The Morgan fingerprint density at radius 3 is 3.00 bits per heavy atom. The van der Waals surface area contributed by atoms with Gasteiger partial charge in [0.05, 0.1) is 11.1 Å². The lowest BCUT2D eigenvalue weighted by molar-refractivity contribution is 0.456. The SMILES string of the molecule is C=CCC(CC)CCNCc1ccc(-c2ccco2)s1. The maximum Gasteiger partial charge on any atom is 0.143 e. The number of hydrogen-bond acceptors (Lipinski definition) is 3. The fraction of sp³-hybridized carbons (Fsp3) is 0.412. The monoisotopic (exact) mass is 289 g/mol. The van der Waals surface area contributed by atoms with Gasteiger partial charge in [0.25, 0.3) is 0 Å². The number of rotatable bonds is 9. The molecular formula is C17H23NOS. The molecule has 1 N–H and O–H groups in total. The molecule has 0 aliphatic heterocycles. The molecule has 2 heterocycles. The quantitative estimate of drug-likeness (QED) is 0.514. The summed E-state index contributed by atoms with van der Waals surface area (Å²) in [5.41, 5.74) is 0. The van der Waals surface area contributed by atoms with Crippen LogP contribution in [0.5, 0.6) is 0 Å². The zero-order valence-electron chi connectivity index (χ0n) is 12.1. The third-order valence-corrected chi connectivity index (χ3v) is 4.63. The number of hydrogen-bond donors (Lipinski definition) is 1. The summed E-state index contributed by atoms with van der Waals surface area (Å²) in [5, 5.41) is 3.53. The van der Waals surface area contributed by atoms with Crippen molar-refractivity contribution in [3.05, 3.63) is 48.1 Å². The second-order valence-corrected chi connectivity index (χ2v) is 6.18. The zero-order chi connectivity index (χ0) is 14.2. The minimum Gasteiger partial charge on any atom is -0.464 e. The minimum absolute atomic E-state index is 0.766. The molecule has 0 saturated heterocycles. The molecule has 0 aliphatic rings. The van der Waals surface area contributed by atoms with Gasteiger partial charge in [0.1, 0.15) is 5.76 Å². The van der Waals surface area contributed by atoms with Gasteiger partial charge in [-0.25, -0.2) is 0 Å². The Balaban J connectivity index is 1.73. The van der Waals surface area contributed by atoms with Crippen molar-refractivity contribution in [1.82, 2.24) is 5.32 Å². The maximum atomic E-state index is 5.41. The molecule has 1 unspecified atom stereocenters. The summed E-state index contributed by atoms with van der Waals surface area (Å²) < 4.78 is 5.41. The van der Waals surface area contributed by atoms with Gasteiger partial charge in [-0.3, -0.25) is 0 Å². The normalized spacial score (nSPS) is 12.4. The Hall–Kier alpha value is -1.32. The molecule has 1 atom stereocenters. The van der Waals surface area contributed by atoms with Crippen LogP contribution in [0.1, 0.15) is 31.1 Å². The van der Waals surface area contributed by atoms with Crippen LogP contribution in [0.2, 0.25) is 0 Å². The van der Waals surface area contributed by atoms with E-state index in [1.807, 2.05) is 18.2 Å². The third kappa shape index (κ3) is 4.36. The van der Waals surface area contributed by atoms with Gasteiger partial charge in [-0.1, -0.05) is 19.4 Å². The molecule has 0 amide bonds. The zero-order valence-corrected chi connectivity index (χ0v) is 12.9. The van der Waals surface area contributed by atoms with E-state index in [0.29, 0.717) is 0 Å². The molecule has 0 fully saturated rings. The van der Waals surface area contributed by atoms with E-state index in [1.165, 1.54) is 22.6 Å². The molecule has 0 spiro atoms. The van der Waals surface area contributed by atoms with Crippen LogP contribution in [0.25, 0.3) is 10.6 Å². The molecule has 0 aliphatic carbocycles. The maximum absolute atomic E-state index is 5.41. The molecule has 3 heteroatoms. The van der Waals surface area contributed by atoms with Crippen LogP contribution >= 0.6 is 11.3 Å². The predicted molar refractivity (Wildman–Crippen MR) is 86.9 cm³/mol. The summed E-state index contributed by atoms with van der Waals surface area (Å²) in [4.78, 5) is 2.55. The summed E-state index contributed by atoms with van der Waals surface area (Å²) in [6.07, 6.45) is 7.33. The first-order valence-electron chi connectivity index (χ1n) is 7.27. The Morgan fingerprint density at radius 2 is 2.30 bits per heavy atom.